The van der Waals surface area contributed by atoms with Crippen molar-refractivity contribution in [3.8, 4) is 5.75 Å². The minimum atomic E-state index is -2.74. The Kier molecular flexibility index (Phi) is 6.98. The van der Waals surface area contributed by atoms with Crippen molar-refractivity contribution in [3.05, 3.63) is 27.8 Å². The first-order chi connectivity index (χ1) is 18.3. The van der Waals surface area contributed by atoms with Gasteiger partial charge in [0.15, 0.2) is 34.7 Å². The Morgan fingerprint density at radius 2 is 1.90 bits per heavy atom. The van der Waals surface area contributed by atoms with Gasteiger partial charge in [-0.05, 0) is 76.4 Å². The Morgan fingerprint density at radius 1 is 1.21 bits per heavy atom. The molecule has 4 aliphatic rings. The molecule has 1 aliphatic heterocycles. The number of carbonyl (C=O) groups excluding carboxylic acids is 5. The van der Waals surface area contributed by atoms with E-state index in [0.717, 1.165) is 25.8 Å². The molecule has 10 nitrogen and oxygen atoms in total. The van der Waals surface area contributed by atoms with Crippen molar-refractivity contribution in [1.82, 2.24) is 9.80 Å². The molecule has 7 unspecified atom stereocenters. The lowest BCUT2D eigenvalue weighted by atomic mass is 9.52. The van der Waals surface area contributed by atoms with Crippen molar-refractivity contribution in [1.29, 1.82) is 0 Å². The number of fused-ring (bicyclic) bond motifs is 3. The molecule has 1 saturated heterocycles. The van der Waals surface area contributed by atoms with E-state index in [-0.39, 0.29) is 24.2 Å². The van der Waals surface area contributed by atoms with Gasteiger partial charge < -0.3 is 15.9 Å². The second kappa shape index (κ2) is 9.76. The van der Waals surface area contributed by atoms with E-state index in [1.807, 2.05) is 0 Å². The van der Waals surface area contributed by atoms with Crippen LogP contribution in [0.4, 0.5) is 0 Å². The molecular formula is C28H34ClN3O7. The highest BCUT2D eigenvalue weighted by Gasteiger charge is 2.69. The van der Waals surface area contributed by atoms with Crippen LogP contribution in [0.3, 0.4) is 0 Å². The Hall–Kier alpha value is -2.66. The average Bonchev–Trinajstić information content (AvgIpc) is 2.85. The molecule has 0 aromatic heterocycles. The number of nitrogens with two attached hydrogens (primary N) is 1. The van der Waals surface area contributed by atoms with Crippen molar-refractivity contribution in [2.75, 3.05) is 20.6 Å². The highest BCUT2D eigenvalue weighted by atomic mass is 35.5. The number of ketones is 4. The molecule has 210 valence electrons. The summed E-state index contributed by atoms with van der Waals surface area (Å²) >= 11 is 6.85. The first kappa shape index (κ1) is 27.9. The Labute approximate surface area is 231 Å². The maximum absolute atomic E-state index is 13.9. The molecule has 1 aromatic carbocycles. The Balaban J connectivity index is 1.56. The van der Waals surface area contributed by atoms with Crippen LogP contribution in [-0.4, -0.2) is 87.4 Å². The molecule has 1 aromatic rings. The zero-order valence-corrected chi connectivity index (χ0v) is 23.0. The normalized spacial score (nSPS) is 35.0. The third-order valence-corrected chi connectivity index (χ3v) is 9.85. The number of halogens is 1. The number of rotatable bonds is 4. The SMILES string of the molecule is CC1CCCCN1Cc1cc(O)c2c(c1Cl)CC1CC3C(N(C)C)C(=O)C(C(N)=O)C(=O)C3(O)C(=O)C1C2=O. The van der Waals surface area contributed by atoms with Gasteiger partial charge in [0.05, 0.1) is 17.5 Å². The lowest BCUT2D eigenvalue weighted by Gasteiger charge is -2.52. The molecule has 5 rings (SSSR count). The molecule has 4 N–H and O–H groups in total. The van der Waals surface area contributed by atoms with Gasteiger partial charge >= 0.3 is 0 Å². The third-order valence-electron chi connectivity index (χ3n) is 9.38. The molecule has 0 bridgehead atoms. The summed E-state index contributed by atoms with van der Waals surface area (Å²) in [5, 5.41) is 23.0. The Morgan fingerprint density at radius 3 is 2.51 bits per heavy atom. The van der Waals surface area contributed by atoms with Crippen LogP contribution < -0.4 is 5.73 Å². The summed E-state index contributed by atoms with van der Waals surface area (Å²) in [6.45, 7) is 3.55. The van der Waals surface area contributed by atoms with Crippen LogP contribution >= 0.6 is 11.6 Å². The zero-order chi connectivity index (χ0) is 28.5. The number of amides is 1. The van der Waals surface area contributed by atoms with Crippen LogP contribution in [0.1, 0.15) is 54.1 Å². The zero-order valence-electron chi connectivity index (χ0n) is 22.3. The molecule has 3 fully saturated rings. The fourth-order valence-corrected chi connectivity index (χ4v) is 7.72. The van der Waals surface area contributed by atoms with Gasteiger partial charge in [-0.2, -0.15) is 0 Å². The lowest BCUT2D eigenvalue weighted by Crippen LogP contribution is -2.74. The number of hydrogen-bond acceptors (Lipinski definition) is 9. The van der Waals surface area contributed by atoms with Crippen LogP contribution in [0.5, 0.6) is 5.75 Å². The minimum absolute atomic E-state index is 0.00558. The smallest absolute Gasteiger partial charge is 0.235 e. The van der Waals surface area contributed by atoms with E-state index < -0.39 is 64.4 Å². The fraction of sp³-hybridized carbons (Fsp3) is 0.607. The number of carbonyl (C=O) groups is 5. The van der Waals surface area contributed by atoms with Crippen molar-refractivity contribution in [3.63, 3.8) is 0 Å². The summed E-state index contributed by atoms with van der Waals surface area (Å²) in [4.78, 5) is 70.0. The van der Waals surface area contributed by atoms with Gasteiger partial charge in [0.1, 0.15) is 5.75 Å². The number of phenols is 1. The number of aliphatic hydroxyl groups is 1. The number of benzene rings is 1. The number of likely N-dealkylation sites (tertiary alicyclic amines) is 1. The van der Waals surface area contributed by atoms with E-state index in [1.165, 1.54) is 11.0 Å². The van der Waals surface area contributed by atoms with Gasteiger partial charge in [0, 0.05) is 23.5 Å². The standard InChI is InChI=1S/C28H34ClN3O7/c1-12-6-4-5-7-32(12)11-14-10-17(33)19-15(21(14)29)8-13-9-16-22(31(2)3)24(35)20(27(30)38)26(37)28(16,39)25(36)18(13)23(19)34/h10,12-13,16,18,20,22,33,39H,4-9,11H2,1-3H3,(H2,30,38). The van der Waals surface area contributed by atoms with Crippen LogP contribution in [0, 0.1) is 23.7 Å². The Bertz CT molecular complexity index is 1300. The first-order valence-electron chi connectivity index (χ1n) is 13.4. The van der Waals surface area contributed by atoms with Gasteiger partial charge in [-0.3, -0.25) is 33.8 Å². The second-order valence-electron chi connectivity index (χ2n) is 11.8. The van der Waals surface area contributed by atoms with Gasteiger partial charge in [-0.1, -0.05) is 18.0 Å². The number of nitrogens with zero attached hydrogens (tertiary/aromatic N) is 2. The molecule has 3 aliphatic carbocycles. The average molecular weight is 560 g/mol. The number of Topliss-reactive ketones (excluding diaryl/α,β-unsaturated/α-hetero) is 4. The molecule has 1 amide bonds. The first-order valence-corrected chi connectivity index (χ1v) is 13.8. The summed E-state index contributed by atoms with van der Waals surface area (Å²) in [7, 11) is 3.11. The molecule has 1 heterocycles. The summed E-state index contributed by atoms with van der Waals surface area (Å²) in [6, 6.07) is 0.671. The van der Waals surface area contributed by atoms with Crippen molar-refractivity contribution >= 4 is 40.6 Å². The van der Waals surface area contributed by atoms with Crippen molar-refractivity contribution < 1.29 is 34.2 Å². The fourth-order valence-electron chi connectivity index (χ4n) is 7.43. The molecule has 11 heteroatoms. The van der Waals surface area contributed by atoms with Gasteiger partial charge in [-0.15, -0.1) is 0 Å². The van der Waals surface area contributed by atoms with Crippen LogP contribution in [-0.2, 0) is 32.1 Å². The van der Waals surface area contributed by atoms with Crippen LogP contribution in [0.25, 0.3) is 0 Å². The summed E-state index contributed by atoms with van der Waals surface area (Å²) < 4.78 is 0. The summed E-state index contributed by atoms with van der Waals surface area (Å²) in [6.07, 6.45) is 3.42. The summed E-state index contributed by atoms with van der Waals surface area (Å²) in [5.41, 5.74) is 3.65. The van der Waals surface area contributed by atoms with Crippen LogP contribution in [0.15, 0.2) is 6.07 Å². The maximum atomic E-state index is 13.9. The van der Waals surface area contributed by atoms with Gasteiger partial charge in [0.25, 0.3) is 0 Å². The predicted octanol–water partition coefficient (Wildman–Crippen LogP) is 0.895. The molecule has 0 radical (unpaired) electrons. The van der Waals surface area contributed by atoms with E-state index in [2.05, 4.69) is 11.8 Å². The highest BCUT2D eigenvalue weighted by Crippen LogP contribution is 2.52. The number of aromatic hydroxyl groups is 1. The topological polar surface area (TPSA) is 158 Å². The largest absolute Gasteiger partial charge is 0.507 e. The second-order valence-corrected chi connectivity index (χ2v) is 12.2. The van der Waals surface area contributed by atoms with E-state index in [0.29, 0.717) is 28.7 Å². The van der Waals surface area contributed by atoms with E-state index >= 15 is 0 Å². The number of piperidine rings is 1. The summed E-state index contributed by atoms with van der Waals surface area (Å²) in [5.74, 6) is -10.6. The van der Waals surface area contributed by atoms with Crippen molar-refractivity contribution in [2.24, 2.45) is 29.4 Å². The molecule has 7 atom stereocenters. The minimum Gasteiger partial charge on any atom is -0.507 e. The number of hydrogen-bond donors (Lipinski definition) is 3. The molecule has 0 spiro atoms. The van der Waals surface area contributed by atoms with Crippen LogP contribution in [0.2, 0.25) is 5.02 Å². The third kappa shape index (κ3) is 4.06. The molecule has 2 saturated carbocycles. The molecular weight excluding hydrogens is 526 g/mol. The number of likely N-dealkylation sites (N-methyl/N-ethyl adjacent to an activating group) is 1. The quantitative estimate of drug-likeness (QED) is 0.455. The highest BCUT2D eigenvalue weighted by molar-refractivity contribution is 6.34. The van der Waals surface area contributed by atoms with Gasteiger partial charge in [0.2, 0.25) is 5.91 Å². The predicted molar refractivity (Wildman–Crippen MR) is 140 cm³/mol. The molecule has 39 heavy (non-hydrogen) atoms. The number of primary amides is 1. The number of phenolic OH excluding ortho intramolecular Hbond substituents is 1. The lowest BCUT2D eigenvalue weighted by molar-refractivity contribution is -0.181. The monoisotopic (exact) mass is 559 g/mol. The van der Waals surface area contributed by atoms with E-state index in [1.54, 1.807) is 14.1 Å². The van der Waals surface area contributed by atoms with E-state index in [9.17, 15) is 34.2 Å². The maximum Gasteiger partial charge on any atom is 0.235 e. The van der Waals surface area contributed by atoms with Gasteiger partial charge in [-0.25, -0.2) is 0 Å². The van der Waals surface area contributed by atoms with E-state index in [4.69, 9.17) is 17.3 Å². The van der Waals surface area contributed by atoms with Crippen molar-refractivity contribution in [2.45, 2.75) is 63.3 Å².